The highest BCUT2D eigenvalue weighted by atomic mass is 79.9. The van der Waals surface area contributed by atoms with E-state index in [1.165, 1.54) is 24.3 Å². The second-order valence-electron chi connectivity index (χ2n) is 6.48. The maximum Gasteiger partial charge on any atom is 0.316 e. The zero-order valence-corrected chi connectivity index (χ0v) is 18.2. The number of rotatable bonds is 8. The summed E-state index contributed by atoms with van der Waals surface area (Å²) in [6.45, 7) is 4.11. The normalized spacial score (nSPS) is 10.7. The number of amides is 2. The van der Waals surface area contributed by atoms with Gasteiger partial charge in [0.2, 0.25) is 11.7 Å². The first-order valence-electron chi connectivity index (χ1n) is 9.09. The molecule has 0 fully saturated rings. The predicted molar refractivity (Wildman–Crippen MR) is 111 cm³/mol. The van der Waals surface area contributed by atoms with Crippen LogP contribution in [0.25, 0.3) is 11.4 Å². The number of nitro benzene ring substituents is 1. The fourth-order valence-corrected chi connectivity index (χ4v) is 2.92. The van der Waals surface area contributed by atoms with Gasteiger partial charge in [-0.05, 0) is 41.9 Å². The third kappa shape index (κ3) is 5.31. The molecule has 2 amide bonds. The molecule has 1 aromatic carbocycles. The molecule has 0 unspecified atom stereocenters. The molecule has 0 radical (unpaired) electrons. The molecule has 162 valence electrons. The van der Waals surface area contributed by atoms with Crippen molar-refractivity contribution >= 4 is 33.4 Å². The number of halogens is 1. The van der Waals surface area contributed by atoms with Gasteiger partial charge in [0, 0.05) is 30.8 Å². The second-order valence-corrected chi connectivity index (χ2v) is 7.27. The van der Waals surface area contributed by atoms with E-state index in [1.807, 2.05) is 13.8 Å². The van der Waals surface area contributed by atoms with Crippen LogP contribution in [0.3, 0.4) is 0 Å². The van der Waals surface area contributed by atoms with Crippen LogP contribution in [0.4, 0.5) is 5.69 Å². The lowest BCUT2D eigenvalue weighted by molar-refractivity contribution is -0.384. The lowest BCUT2D eigenvalue weighted by atomic mass is 10.2. The standard InChI is InChI=1S/C18H18BrN7O5/c1-10-15(19)11(2)25(23-10)9-14(27)20-7-8-21-17(28)18-22-16(24-31-18)12-3-5-13(6-4-12)26(29)30/h3-6H,7-9H2,1-2H3,(H,20,27)(H,21,28). The van der Waals surface area contributed by atoms with Gasteiger partial charge < -0.3 is 15.2 Å². The number of carbonyl (C=O) groups excluding carboxylic acids is 2. The average molecular weight is 492 g/mol. The number of hydrogen-bond donors (Lipinski definition) is 2. The Balaban J connectivity index is 1.46. The van der Waals surface area contributed by atoms with E-state index in [9.17, 15) is 19.7 Å². The van der Waals surface area contributed by atoms with E-state index in [-0.39, 0.29) is 42.9 Å². The van der Waals surface area contributed by atoms with Gasteiger partial charge in [-0.25, -0.2) is 0 Å². The zero-order chi connectivity index (χ0) is 22.5. The summed E-state index contributed by atoms with van der Waals surface area (Å²) in [6, 6.07) is 5.53. The van der Waals surface area contributed by atoms with Gasteiger partial charge in [-0.15, -0.1) is 0 Å². The van der Waals surface area contributed by atoms with Crippen molar-refractivity contribution in [3.05, 3.63) is 56.1 Å². The zero-order valence-electron chi connectivity index (χ0n) is 16.6. The van der Waals surface area contributed by atoms with Crippen molar-refractivity contribution in [3.63, 3.8) is 0 Å². The lowest BCUT2D eigenvalue weighted by Gasteiger charge is -2.07. The van der Waals surface area contributed by atoms with Crippen LogP contribution >= 0.6 is 15.9 Å². The van der Waals surface area contributed by atoms with Crippen LogP contribution in [-0.4, -0.2) is 49.7 Å². The van der Waals surface area contributed by atoms with Gasteiger partial charge in [0.05, 0.1) is 20.8 Å². The van der Waals surface area contributed by atoms with Crippen LogP contribution < -0.4 is 10.6 Å². The third-order valence-electron chi connectivity index (χ3n) is 4.28. The third-order valence-corrected chi connectivity index (χ3v) is 5.42. The fraction of sp³-hybridized carbons (Fsp3) is 0.278. The number of nitro groups is 1. The Morgan fingerprint density at radius 3 is 2.48 bits per heavy atom. The van der Waals surface area contributed by atoms with Gasteiger partial charge in [0.25, 0.3) is 5.69 Å². The fourth-order valence-electron chi connectivity index (χ4n) is 2.64. The summed E-state index contributed by atoms with van der Waals surface area (Å²) in [6.07, 6.45) is 0. The van der Waals surface area contributed by atoms with E-state index in [1.54, 1.807) is 4.68 Å². The predicted octanol–water partition coefficient (Wildman–Crippen LogP) is 1.77. The van der Waals surface area contributed by atoms with Crippen LogP contribution in [0.15, 0.2) is 33.3 Å². The van der Waals surface area contributed by atoms with Crippen LogP contribution in [-0.2, 0) is 11.3 Å². The first-order valence-corrected chi connectivity index (χ1v) is 9.88. The molecule has 13 heteroatoms. The summed E-state index contributed by atoms with van der Waals surface area (Å²) in [7, 11) is 0. The van der Waals surface area contributed by atoms with Crippen molar-refractivity contribution in [1.29, 1.82) is 0 Å². The number of non-ortho nitro benzene ring substituents is 1. The highest BCUT2D eigenvalue weighted by Crippen LogP contribution is 2.20. The highest BCUT2D eigenvalue weighted by Gasteiger charge is 2.17. The number of aryl methyl sites for hydroxylation is 1. The molecule has 2 N–H and O–H groups in total. The molecule has 0 aliphatic carbocycles. The number of nitrogens with one attached hydrogen (secondary N) is 2. The Bertz CT molecular complexity index is 1120. The van der Waals surface area contributed by atoms with Gasteiger partial charge >= 0.3 is 11.8 Å². The summed E-state index contributed by atoms with van der Waals surface area (Å²) in [5, 5.41) is 23.9. The summed E-state index contributed by atoms with van der Waals surface area (Å²) in [4.78, 5) is 38.3. The molecule has 0 bridgehead atoms. The number of nitrogens with zero attached hydrogens (tertiary/aromatic N) is 5. The van der Waals surface area contributed by atoms with Crippen molar-refractivity contribution < 1.29 is 19.0 Å². The largest absolute Gasteiger partial charge is 0.353 e. The van der Waals surface area contributed by atoms with Crippen LogP contribution in [0.5, 0.6) is 0 Å². The Morgan fingerprint density at radius 2 is 1.87 bits per heavy atom. The molecule has 0 spiro atoms. The van der Waals surface area contributed by atoms with E-state index in [4.69, 9.17) is 4.52 Å². The Hall–Kier alpha value is -3.61. The van der Waals surface area contributed by atoms with Crippen molar-refractivity contribution in [3.8, 4) is 11.4 Å². The number of hydrogen-bond acceptors (Lipinski definition) is 8. The minimum atomic E-state index is -0.600. The van der Waals surface area contributed by atoms with E-state index in [2.05, 4.69) is 41.8 Å². The average Bonchev–Trinajstić information content (AvgIpc) is 3.33. The molecule has 0 atom stereocenters. The van der Waals surface area contributed by atoms with Crippen molar-refractivity contribution in [2.45, 2.75) is 20.4 Å². The Kier molecular flexibility index (Phi) is 6.74. The molecule has 31 heavy (non-hydrogen) atoms. The molecule has 0 aliphatic rings. The highest BCUT2D eigenvalue weighted by molar-refractivity contribution is 9.10. The summed E-state index contributed by atoms with van der Waals surface area (Å²) in [5.41, 5.74) is 2.04. The number of benzene rings is 1. The number of aromatic nitrogens is 4. The molecule has 3 aromatic rings. The van der Waals surface area contributed by atoms with Crippen molar-refractivity contribution in [1.82, 2.24) is 30.6 Å². The first-order chi connectivity index (χ1) is 14.8. The molecule has 2 heterocycles. The molecule has 2 aromatic heterocycles. The van der Waals surface area contributed by atoms with Gasteiger partial charge in [-0.1, -0.05) is 5.16 Å². The van der Waals surface area contributed by atoms with E-state index in [0.717, 1.165) is 15.9 Å². The minimum Gasteiger partial charge on any atom is -0.353 e. The van der Waals surface area contributed by atoms with Gasteiger partial charge in [-0.3, -0.25) is 24.4 Å². The Morgan fingerprint density at radius 1 is 1.19 bits per heavy atom. The second kappa shape index (κ2) is 9.47. The molecule has 0 aliphatic heterocycles. The van der Waals surface area contributed by atoms with Gasteiger partial charge in [0.1, 0.15) is 6.54 Å². The topological polar surface area (TPSA) is 158 Å². The van der Waals surface area contributed by atoms with Crippen molar-refractivity contribution in [2.24, 2.45) is 0 Å². The molecule has 12 nitrogen and oxygen atoms in total. The minimum absolute atomic E-state index is 0.0640. The van der Waals surface area contributed by atoms with Crippen LogP contribution in [0, 0.1) is 24.0 Å². The molecule has 3 rings (SSSR count). The summed E-state index contributed by atoms with van der Waals surface area (Å²) in [5.74, 6) is -0.973. The van der Waals surface area contributed by atoms with Crippen LogP contribution in [0.1, 0.15) is 22.1 Å². The van der Waals surface area contributed by atoms with Crippen LogP contribution in [0.2, 0.25) is 0 Å². The number of carbonyl (C=O) groups is 2. The molecule has 0 saturated carbocycles. The smallest absolute Gasteiger partial charge is 0.316 e. The molecular weight excluding hydrogens is 474 g/mol. The quantitative estimate of drug-likeness (QED) is 0.274. The maximum absolute atomic E-state index is 12.1. The van der Waals surface area contributed by atoms with Gasteiger partial charge in [-0.2, -0.15) is 10.1 Å². The Labute approximate surface area is 184 Å². The lowest BCUT2D eigenvalue weighted by Crippen LogP contribution is -2.36. The summed E-state index contributed by atoms with van der Waals surface area (Å²) < 4.78 is 7.38. The molecular formula is C18H18BrN7O5. The monoisotopic (exact) mass is 491 g/mol. The van der Waals surface area contributed by atoms with Crippen molar-refractivity contribution in [2.75, 3.05) is 13.1 Å². The molecule has 0 saturated heterocycles. The van der Waals surface area contributed by atoms with Gasteiger partial charge in [0.15, 0.2) is 0 Å². The van der Waals surface area contributed by atoms with E-state index < -0.39 is 10.8 Å². The SMILES string of the molecule is Cc1nn(CC(=O)NCCNC(=O)c2nc(-c3ccc([N+](=O)[O-])cc3)no2)c(C)c1Br. The van der Waals surface area contributed by atoms with E-state index in [0.29, 0.717) is 5.56 Å². The maximum atomic E-state index is 12.1. The van der Waals surface area contributed by atoms with E-state index >= 15 is 0 Å². The first kappa shape index (κ1) is 22.1. The summed E-state index contributed by atoms with van der Waals surface area (Å²) >= 11 is 3.41.